The molecular formula is C25H32FN5O8S. The highest BCUT2D eigenvalue weighted by Gasteiger charge is 2.37. The molecule has 0 saturated carbocycles. The smallest absolute Gasteiger partial charge is 0.312 e. The van der Waals surface area contributed by atoms with Crippen molar-refractivity contribution < 1.29 is 36.1 Å². The molecule has 1 unspecified atom stereocenters. The molecule has 13 nitrogen and oxygen atoms in total. The van der Waals surface area contributed by atoms with E-state index in [0.717, 1.165) is 9.47 Å². The number of hydrogen-bond donors (Lipinski definition) is 1. The topological polar surface area (TPSA) is 157 Å². The molecule has 1 aliphatic heterocycles. The van der Waals surface area contributed by atoms with Crippen molar-refractivity contribution in [3.05, 3.63) is 57.5 Å². The van der Waals surface area contributed by atoms with Gasteiger partial charge in [-0.15, -0.1) is 0 Å². The number of nitrogens with one attached hydrogen (secondary N) is 1. The minimum atomic E-state index is -4.27. The van der Waals surface area contributed by atoms with Crippen LogP contribution in [0, 0.1) is 5.82 Å². The van der Waals surface area contributed by atoms with Crippen LogP contribution in [0.4, 0.5) is 4.39 Å². The van der Waals surface area contributed by atoms with Crippen LogP contribution in [0.2, 0.25) is 0 Å². The summed E-state index contributed by atoms with van der Waals surface area (Å²) in [6, 6.07) is 4.36. The summed E-state index contributed by atoms with van der Waals surface area (Å²) in [5.41, 5.74) is -1.07. The standard InChI is InChI=1S/C25H32FN5O8S/c1-6-30(25(35)24(34)29(2)3)18-12-11-17(38-4)14-31-21(18)28-19(20(23(31)33)39-40(5,36)37)22(32)27-13-15-7-9-16(26)10-8-15/h7-10,17-18H,6,11-14H2,1-5H3,(H,27,32)/t17-,18?/m0/s1. The fourth-order valence-electron chi connectivity index (χ4n) is 4.31. The monoisotopic (exact) mass is 581 g/mol. The number of rotatable bonds is 8. The van der Waals surface area contributed by atoms with E-state index in [1.165, 1.54) is 50.4 Å². The third-order valence-electron chi connectivity index (χ3n) is 6.32. The van der Waals surface area contributed by atoms with Crippen LogP contribution in [0.1, 0.15) is 47.7 Å². The molecule has 0 radical (unpaired) electrons. The Kier molecular flexibility index (Phi) is 9.63. The molecular weight excluding hydrogens is 549 g/mol. The number of hydrogen-bond acceptors (Lipinski definition) is 9. The van der Waals surface area contributed by atoms with E-state index >= 15 is 0 Å². The molecule has 40 heavy (non-hydrogen) atoms. The van der Waals surface area contributed by atoms with Crippen molar-refractivity contribution in [2.45, 2.75) is 45.0 Å². The number of halogens is 1. The first-order chi connectivity index (χ1) is 18.8. The second-order valence-electron chi connectivity index (χ2n) is 9.40. The lowest BCUT2D eigenvalue weighted by molar-refractivity contribution is -0.152. The number of aromatic nitrogens is 2. The molecule has 0 bridgehead atoms. The van der Waals surface area contributed by atoms with Crippen LogP contribution in [0.15, 0.2) is 29.1 Å². The Morgan fingerprint density at radius 1 is 1.15 bits per heavy atom. The molecule has 3 amide bonds. The van der Waals surface area contributed by atoms with Crippen LogP contribution in [0.3, 0.4) is 0 Å². The summed E-state index contributed by atoms with van der Waals surface area (Å²) in [6.07, 6.45) is 0.784. The quantitative estimate of drug-likeness (QED) is 0.345. The van der Waals surface area contributed by atoms with Crippen LogP contribution in [0.5, 0.6) is 5.75 Å². The van der Waals surface area contributed by atoms with Gasteiger partial charge in [0, 0.05) is 34.3 Å². The lowest BCUT2D eigenvalue weighted by Gasteiger charge is -2.31. The van der Waals surface area contributed by atoms with Crippen LogP contribution >= 0.6 is 0 Å². The zero-order valence-electron chi connectivity index (χ0n) is 22.8. The second-order valence-corrected chi connectivity index (χ2v) is 11.0. The molecule has 1 aromatic heterocycles. The summed E-state index contributed by atoms with van der Waals surface area (Å²) < 4.78 is 48.9. The summed E-state index contributed by atoms with van der Waals surface area (Å²) in [6.45, 7) is 1.56. The van der Waals surface area contributed by atoms with Crippen LogP contribution < -0.4 is 15.1 Å². The molecule has 2 atom stereocenters. The highest BCUT2D eigenvalue weighted by Crippen LogP contribution is 2.31. The lowest BCUT2D eigenvalue weighted by Crippen LogP contribution is -2.45. The van der Waals surface area contributed by atoms with Crippen molar-refractivity contribution in [1.82, 2.24) is 24.7 Å². The maximum atomic E-state index is 13.7. The van der Waals surface area contributed by atoms with Gasteiger partial charge in [-0.2, -0.15) is 8.42 Å². The van der Waals surface area contributed by atoms with Crippen molar-refractivity contribution in [3.8, 4) is 5.75 Å². The van der Waals surface area contributed by atoms with Gasteiger partial charge in [0.1, 0.15) is 11.6 Å². The Morgan fingerprint density at radius 3 is 2.35 bits per heavy atom. The Labute approximate surface area is 231 Å². The molecule has 3 rings (SSSR count). The fourth-order valence-corrected chi connectivity index (χ4v) is 4.76. The minimum Gasteiger partial charge on any atom is -0.380 e. The molecule has 0 fully saturated rings. The van der Waals surface area contributed by atoms with E-state index in [1.54, 1.807) is 6.92 Å². The molecule has 2 aromatic rings. The van der Waals surface area contributed by atoms with Crippen molar-refractivity contribution >= 4 is 27.8 Å². The molecule has 1 aromatic carbocycles. The molecule has 0 saturated heterocycles. The lowest BCUT2D eigenvalue weighted by atomic mass is 10.1. The van der Waals surface area contributed by atoms with Crippen molar-refractivity contribution in [2.75, 3.05) is 34.0 Å². The molecule has 0 aliphatic carbocycles. The normalized spacial score (nSPS) is 16.9. The number of carbonyl (C=O) groups excluding carboxylic acids is 3. The maximum absolute atomic E-state index is 13.7. The number of methoxy groups -OCH3 is 1. The number of fused-ring (bicyclic) bond motifs is 1. The second kappa shape index (κ2) is 12.6. The largest absolute Gasteiger partial charge is 0.380 e. The van der Waals surface area contributed by atoms with Crippen molar-refractivity contribution in [3.63, 3.8) is 0 Å². The maximum Gasteiger partial charge on any atom is 0.312 e. The fraction of sp³-hybridized carbons (Fsp3) is 0.480. The predicted molar refractivity (Wildman–Crippen MR) is 140 cm³/mol. The molecule has 2 heterocycles. The van der Waals surface area contributed by atoms with Gasteiger partial charge >= 0.3 is 21.9 Å². The number of carbonyl (C=O) groups is 3. The average Bonchev–Trinajstić information content (AvgIpc) is 3.08. The van der Waals surface area contributed by atoms with E-state index < -0.39 is 62.8 Å². The van der Waals surface area contributed by atoms with Gasteiger partial charge in [-0.25, -0.2) is 9.37 Å². The Bertz CT molecular complexity index is 1440. The van der Waals surface area contributed by atoms with Gasteiger partial charge in [0.25, 0.3) is 11.5 Å². The third kappa shape index (κ3) is 7.01. The molecule has 1 N–H and O–H groups in total. The van der Waals surface area contributed by atoms with E-state index in [0.29, 0.717) is 18.2 Å². The summed E-state index contributed by atoms with van der Waals surface area (Å²) in [7, 11) is 0.0207. The molecule has 0 spiro atoms. The summed E-state index contributed by atoms with van der Waals surface area (Å²) in [4.78, 5) is 59.4. The summed E-state index contributed by atoms with van der Waals surface area (Å²) >= 11 is 0. The Balaban J connectivity index is 2.18. The highest BCUT2D eigenvalue weighted by molar-refractivity contribution is 7.86. The summed E-state index contributed by atoms with van der Waals surface area (Å²) in [5.74, 6) is -3.89. The van der Waals surface area contributed by atoms with Gasteiger partial charge in [-0.05, 0) is 37.5 Å². The third-order valence-corrected chi connectivity index (χ3v) is 6.79. The van der Waals surface area contributed by atoms with Crippen LogP contribution in [-0.2, 0) is 37.5 Å². The predicted octanol–water partition coefficient (Wildman–Crippen LogP) is 0.437. The van der Waals surface area contributed by atoms with Gasteiger partial charge in [-0.1, -0.05) is 12.1 Å². The SMILES string of the molecule is CCN(C(=O)C(=O)N(C)C)C1CC[C@H](OC)Cn2c1nc(C(=O)NCc1ccc(F)cc1)c(OS(C)(=O)=O)c2=O. The number of ether oxygens (including phenoxy) is 1. The van der Waals surface area contributed by atoms with E-state index in [4.69, 9.17) is 8.92 Å². The minimum absolute atomic E-state index is 0.0286. The van der Waals surface area contributed by atoms with Gasteiger partial charge in [-0.3, -0.25) is 23.7 Å². The first-order valence-corrected chi connectivity index (χ1v) is 14.2. The zero-order valence-corrected chi connectivity index (χ0v) is 23.7. The van der Waals surface area contributed by atoms with E-state index in [9.17, 15) is 32.0 Å². The van der Waals surface area contributed by atoms with Gasteiger partial charge in [0.15, 0.2) is 5.69 Å². The first-order valence-electron chi connectivity index (χ1n) is 12.4. The Hall–Kier alpha value is -3.85. The summed E-state index contributed by atoms with van der Waals surface area (Å²) in [5, 5.41) is 2.53. The van der Waals surface area contributed by atoms with Gasteiger partial charge in [0.05, 0.1) is 24.9 Å². The van der Waals surface area contributed by atoms with E-state index in [2.05, 4.69) is 10.3 Å². The van der Waals surface area contributed by atoms with Crippen LogP contribution in [0.25, 0.3) is 0 Å². The van der Waals surface area contributed by atoms with Crippen molar-refractivity contribution in [2.24, 2.45) is 0 Å². The first kappa shape index (κ1) is 30.7. The molecule has 15 heteroatoms. The van der Waals surface area contributed by atoms with E-state index in [1.807, 2.05) is 0 Å². The molecule has 218 valence electrons. The Morgan fingerprint density at radius 2 is 1.80 bits per heavy atom. The van der Waals surface area contributed by atoms with Gasteiger partial charge < -0.3 is 24.0 Å². The number of nitrogens with zero attached hydrogens (tertiary/aromatic N) is 4. The highest BCUT2D eigenvalue weighted by atomic mass is 32.2. The number of amides is 3. The zero-order chi connectivity index (χ0) is 29.8. The van der Waals surface area contributed by atoms with Crippen LogP contribution in [-0.4, -0.2) is 85.6 Å². The number of likely N-dealkylation sites (N-methyl/N-ethyl adjacent to an activating group) is 2. The number of benzene rings is 1. The van der Waals surface area contributed by atoms with Gasteiger partial charge in [0.2, 0.25) is 5.75 Å². The van der Waals surface area contributed by atoms with E-state index in [-0.39, 0.29) is 31.9 Å². The molecule has 1 aliphatic rings. The average molecular weight is 582 g/mol. The van der Waals surface area contributed by atoms with Crippen molar-refractivity contribution in [1.29, 1.82) is 0 Å².